The highest BCUT2D eigenvalue weighted by Gasteiger charge is 2.48. The molecule has 1 aromatic heterocycles. The molecule has 164 valence electrons. The summed E-state index contributed by atoms with van der Waals surface area (Å²) >= 11 is 0. The Labute approximate surface area is 178 Å². The Kier molecular flexibility index (Phi) is 5.30. The third kappa shape index (κ3) is 3.48. The van der Waals surface area contributed by atoms with Crippen LogP contribution in [0.25, 0.3) is 0 Å². The van der Waals surface area contributed by atoms with Crippen molar-refractivity contribution in [1.29, 1.82) is 0 Å². The molecule has 2 aliphatic heterocycles. The number of nitrogens with zero attached hydrogens (tertiary/aromatic N) is 2. The van der Waals surface area contributed by atoms with Gasteiger partial charge in [0.1, 0.15) is 11.4 Å². The number of fused-ring (bicyclic) bond motifs is 2. The number of ether oxygens (including phenoxy) is 2. The topological polar surface area (TPSA) is 89.9 Å². The number of hydrogen-bond donors (Lipinski definition) is 1. The molecule has 2 atom stereocenters. The molecule has 9 heteroatoms. The first kappa shape index (κ1) is 21.0. The van der Waals surface area contributed by atoms with Gasteiger partial charge < -0.3 is 24.3 Å². The van der Waals surface area contributed by atoms with E-state index in [1.54, 1.807) is 23.1 Å². The van der Waals surface area contributed by atoms with Crippen LogP contribution in [-0.2, 0) is 17.8 Å². The minimum Gasteiger partial charge on any atom is -0.491 e. The number of rotatable bonds is 4. The molecule has 2 amide bonds. The van der Waals surface area contributed by atoms with Gasteiger partial charge in [-0.3, -0.25) is 14.4 Å². The number of pyridine rings is 1. The first-order valence-electron chi connectivity index (χ1n) is 10.1. The number of nitrogens with one attached hydrogen (secondary N) is 1. The normalized spacial score (nSPS) is 22.5. The molecular formula is C22H24FN3O5. The number of hydrogen-bond acceptors (Lipinski definition) is 5. The van der Waals surface area contributed by atoms with Crippen molar-refractivity contribution >= 4 is 11.8 Å². The standard InChI is InChI=1S/C22H24FN3O5/c1-13-8-9-31-22(2)12-25-11-15(18(27)19(30-3)17(25)21(29)26(13)22)20(28)24-10-14-6-4-5-7-16(14)23/h4-7,11,13H,8-10,12H2,1-3H3,(H,24,28)/t13-,22+/m1/s1. The molecule has 1 fully saturated rings. The predicted molar refractivity (Wildman–Crippen MR) is 109 cm³/mol. The van der Waals surface area contributed by atoms with E-state index in [1.807, 2.05) is 13.8 Å². The van der Waals surface area contributed by atoms with Crippen molar-refractivity contribution < 1.29 is 23.5 Å². The summed E-state index contributed by atoms with van der Waals surface area (Å²) in [6.07, 6.45) is 2.03. The highest BCUT2D eigenvalue weighted by molar-refractivity contribution is 5.99. The molecule has 4 rings (SSSR count). The van der Waals surface area contributed by atoms with E-state index < -0.39 is 22.9 Å². The monoisotopic (exact) mass is 429 g/mol. The Morgan fingerprint density at radius 3 is 2.81 bits per heavy atom. The van der Waals surface area contributed by atoms with Crippen LogP contribution in [0.3, 0.4) is 0 Å². The second kappa shape index (κ2) is 7.81. The number of carbonyl (C=O) groups is 2. The zero-order valence-electron chi connectivity index (χ0n) is 17.6. The molecule has 0 unspecified atom stereocenters. The number of carbonyl (C=O) groups excluding carboxylic acids is 2. The number of benzene rings is 1. The van der Waals surface area contributed by atoms with Crippen molar-refractivity contribution in [3.05, 3.63) is 63.3 Å². The van der Waals surface area contributed by atoms with E-state index in [-0.39, 0.29) is 42.0 Å². The van der Waals surface area contributed by atoms with Crippen LogP contribution < -0.4 is 15.5 Å². The van der Waals surface area contributed by atoms with Gasteiger partial charge in [-0.25, -0.2) is 4.39 Å². The number of aromatic nitrogens is 1. The molecule has 0 bridgehead atoms. The van der Waals surface area contributed by atoms with Gasteiger partial charge >= 0.3 is 0 Å². The van der Waals surface area contributed by atoms with Crippen molar-refractivity contribution in [2.24, 2.45) is 0 Å². The minimum atomic E-state index is -0.900. The van der Waals surface area contributed by atoms with Gasteiger partial charge in [-0.1, -0.05) is 18.2 Å². The largest absolute Gasteiger partial charge is 0.491 e. The first-order valence-corrected chi connectivity index (χ1v) is 10.1. The molecule has 0 radical (unpaired) electrons. The van der Waals surface area contributed by atoms with Gasteiger partial charge in [0.2, 0.25) is 5.43 Å². The second-order valence-corrected chi connectivity index (χ2v) is 7.99. The Bertz CT molecular complexity index is 1110. The van der Waals surface area contributed by atoms with E-state index in [4.69, 9.17) is 9.47 Å². The van der Waals surface area contributed by atoms with Crippen LogP contribution >= 0.6 is 0 Å². The van der Waals surface area contributed by atoms with E-state index in [9.17, 15) is 18.8 Å². The van der Waals surface area contributed by atoms with E-state index in [0.29, 0.717) is 18.6 Å². The lowest BCUT2D eigenvalue weighted by molar-refractivity contribution is -0.185. The molecule has 0 spiro atoms. The lowest BCUT2D eigenvalue weighted by Gasteiger charge is -2.51. The zero-order chi connectivity index (χ0) is 22.3. The van der Waals surface area contributed by atoms with Gasteiger partial charge in [-0.05, 0) is 26.3 Å². The first-order chi connectivity index (χ1) is 14.8. The van der Waals surface area contributed by atoms with Gasteiger partial charge in [0.05, 0.1) is 20.3 Å². The van der Waals surface area contributed by atoms with Crippen molar-refractivity contribution in [1.82, 2.24) is 14.8 Å². The third-order valence-corrected chi connectivity index (χ3v) is 5.87. The highest BCUT2D eigenvalue weighted by Crippen LogP contribution is 2.36. The van der Waals surface area contributed by atoms with Crippen molar-refractivity contribution in [2.45, 2.75) is 45.1 Å². The van der Waals surface area contributed by atoms with Crippen LogP contribution in [-0.4, -0.2) is 46.8 Å². The lowest BCUT2D eigenvalue weighted by Crippen LogP contribution is -2.64. The molecule has 0 saturated carbocycles. The predicted octanol–water partition coefficient (Wildman–Crippen LogP) is 1.91. The minimum absolute atomic E-state index is 0.0662. The smallest absolute Gasteiger partial charge is 0.277 e. The van der Waals surface area contributed by atoms with Crippen molar-refractivity contribution in [3.8, 4) is 5.75 Å². The van der Waals surface area contributed by atoms with Crippen LogP contribution in [0, 0.1) is 5.82 Å². The maximum Gasteiger partial charge on any atom is 0.277 e. The van der Waals surface area contributed by atoms with Gasteiger partial charge in [-0.2, -0.15) is 0 Å². The van der Waals surface area contributed by atoms with E-state index in [0.717, 1.165) is 0 Å². The lowest BCUT2D eigenvalue weighted by atomic mass is 10.00. The van der Waals surface area contributed by atoms with E-state index in [2.05, 4.69) is 5.32 Å². The maximum atomic E-state index is 13.8. The van der Waals surface area contributed by atoms with Gasteiger partial charge in [0.25, 0.3) is 11.8 Å². The molecule has 1 N–H and O–H groups in total. The summed E-state index contributed by atoms with van der Waals surface area (Å²) in [7, 11) is 1.29. The summed E-state index contributed by atoms with van der Waals surface area (Å²) in [5.74, 6) is -1.71. The second-order valence-electron chi connectivity index (χ2n) is 7.99. The van der Waals surface area contributed by atoms with Crippen LogP contribution in [0.1, 0.15) is 46.7 Å². The van der Waals surface area contributed by atoms with E-state index >= 15 is 0 Å². The molecule has 0 aliphatic carbocycles. The summed E-state index contributed by atoms with van der Waals surface area (Å²) in [5, 5.41) is 2.56. The van der Waals surface area contributed by atoms with Gasteiger partial charge in [0.15, 0.2) is 17.2 Å². The molecule has 1 saturated heterocycles. The molecule has 2 aliphatic rings. The Morgan fingerprint density at radius 1 is 1.35 bits per heavy atom. The van der Waals surface area contributed by atoms with Crippen molar-refractivity contribution in [2.75, 3.05) is 13.7 Å². The summed E-state index contributed by atoms with van der Waals surface area (Å²) in [6.45, 7) is 4.41. The fourth-order valence-electron chi connectivity index (χ4n) is 4.33. The van der Waals surface area contributed by atoms with Gasteiger partial charge in [-0.15, -0.1) is 0 Å². The number of amides is 2. The van der Waals surface area contributed by atoms with Crippen LogP contribution in [0.15, 0.2) is 35.3 Å². The highest BCUT2D eigenvalue weighted by atomic mass is 19.1. The molecule has 8 nitrogen and oxygen atoms in total. The Hall–Kier alpha value is -3.20. The Morgan fingerprint density at radius 2 is 2.10 bits per heavy atom. The van der Waals surface area contributed by atoms with Gasteiger partial charge in [0, 0.05) is 24.3 Å². The van der Waals surface area contributed by atoms with Crippen LogP contribution in [0.2, 0.25) is 0 Å². The molecular weight excluding hydrogens is 405 g/mol. The summed E-state index contributed by atoms with van der Waals surface area (Å²) < 4.78 is 26.6. The SMILES string of the molecule is COc1c2n(cc(C(=O)NCc3ccccc3F)c1=O)C[C@]1(C)OCC[C@@H](C)N1C2=O. The summed E-state index contributed by atoms with van der Waals surface area (Å²) in [6, 6.07) is 5.98. The average molecular weight is 429 g/mol. The molecule has 31 heavy (non-hydrogen) atoms. The van der Waals surface area contributed by atoms with Crippen LogP contribution in [0.5, 0.6) is 5.75 Å². The average Bonchev–Trinajstić information content (AvgIpc) is 2.72. The quantitative estimate of drug-likeness (QED) is 0.802. The Balaban J connectivity index is 1.72. The number of halogens is 1. The molecule has 1 aromatic carbocycles. The van der Waals surface area contributed by atoms with Crippen LogP contribution in [0.4, 0.5) is 4.39 Å². The number of methoxy groups -OCH3 is 1. The maximum absolute atomic E-state index is 13.8. The fourth-order valence-corrected chi connectivity index (χ4v) is 4.33. The molecule has 3 heterocycles. The summed E-state index contributed by atoms with van der Waals surface area (Å²) in [4.78, 5) is 40.7. The summed E-state index contributed by atoms with van der Waals surface area (Å²) in [5.41, 5.74) is -1.40. The molecule has 2 aromatic rings. The van der Waals surface area contributed by atoms with Crippen molar-refractivity contribution in [3.63, 3.8) is 0 Å². The third-order valence-electron chi connectivity index (χ3n) is 5.87. The zero-order valence-corrected chi connectivity index (χ0v) is 17.6. The van der Waals surface area contributed by atoms with E-state index in [1.165, 1.54) is 23.9 Å². The fraction of sp³-hybridized carbons (Fsp3) is 0.409.